The molecule has 2 heterocycles. The fraction of sp³-hybridized carbons (Fsp3) is 0.214. The molecule has 5 heteroatoms. The number of hydrogen-bond acceptors (Lipinski definition) is 3. The molecule has 0 saturated carbocycles. The summed E-state index contributed by atoms with van der Waals surface area (Å²) in [4.78, 5) is 12.1. The molecule has 19 heavy (non-hydrogen) atoms. The molecule has 0 fully saturated rings. The van der Waals surface area contributed by atoms with Crippen LogP contribution >= 0.6 is 15.9 Å². The number of carbonyl (C=O) groups excluding carboxylic acids is 1. The molecule has 1 aliphatic rings. The Morgan fingerprint density at radius 3 is 3.00 bits per heavy atom. The van der Waals surface area contributed by atoms with Gasteiger partial charge in [-0.3, -0.25) is 4.79 Å². The number of halogens is 1. The van der Waals surface area contributed by atoms with Crippen LogP contribution in [0, 0.1) is 0 Å². The van der Waals surface area contributed by atoms with Crippen molar-refractivity contribution in [3.05, 3.63) is 51.9 Å². The standard InChI is InChI=1S/C14H13BrN2O2/c15-13-5-4-12(19-13)14(18)17-11-3-1-2-9-6-7-16-8-10(9)11/h1-5,16H,6-8H2,(H,17,18). The summed E-state index contributed by atoms with van der Waals surface area (Å²) in [5, 5.41) is 6.22. The lowest BCUT2D eigenvalue weighted by Gasteiger charge is -2.20. The minimum atomic E-state index is -0.232. The van der Waals surface area contributed by atoms with E-state index >= 15 is 0 Å². The van der Waals surface area contributed by atoms with Gasteiger partial charge in [0.05, 0.1) is 0 Å². The zero-order chi connectivity index (χ0) is 13.2. The van der Waals surface area contributed by atoms with Crippen molar-refractivity contribution in [3.8, 4) is 0 Å². The first kappa shape index (κ1) is 12.4. The highest BCUT2D eigenvalue weighted by Crippen LogP contribution is 2.24. The number of anilines is 1. The molecule has 1 aromatic heterocycles. The Hall–Kier alpha value is -1.59. The number of rotatable bonds is 2. The predicted octanol–water partition coefficient (Wildman–Crippen LogP) is 2.94. The van der Waals surface area contributed by atoms with E-state index in [9.17, 15) is 4.79 Å². The van der Waals surface area contributed by atoms with Crippen LogP contribution in [0.1, 0.15) is 21.7 Å². The van der Waals surface area contributed by atoms with Crippen LogP contribution in [-0.4, -0.2) is 12.5 Å². The Labute approximate surface area is 119 Å². The van der Waals surface area contributed by atoms with E-state index in [0.29, 0.717) is 10.4 Å². The van der Waals surface area contributed by atoms with Gasteiger partial charge >= 0.3 is 0 Å². The molecule has 1 aromatic carbocycles. The van der Waals surface area contributed by atoms with E-state index in [1.165, 1.54) is 5.56 Å². The molecule has 2 N–H and O–H groups in total. The van der Waals surface area contributed by atoms with Gasteiger partial charge in [-0.1, -0.05) is 12.1 Å². The van der Waals surface area contributed by atoms with Crippen molar-refractivity contribution >= 4 is 27.5 Å². The highest BCUT2D eigenvalue weighted by molar-refractivity contribution is 9.10. The molecule has 0 atom stereocenters. The third-order valence-corrected chi connectivity index (χ3v) is 3.62. The van der Waals surface area contributed by atoms with Gasteiger partial charge in [0.1, 0.15) is 0 Å². The third-order valence-electron chi connectivity index (χ3n) is 3.19. The highest BCUT2D eigenvalue weighted by atomic mass is 79.9. The van der Waals surface area contributed by atoms with Crippen LogP contribution in [0.5, 0.6) is 0 Å². The first-order valence-electron chi connectivity index (χ1n) is 6.12. The van der Waals surface area contributed by atoms with Crippen LogP contribution in [0.15, 0.2) is 39.4 Å². The summed E-state index contributed by atoms with van der Waals surface area (Å²) in [6.45, 7) is 1.77. The largest absolute Gasteiger partial charge is 0.444 e. The summed E-state index contributed by atoms with van der Waals surface area (Å²) >= 11 is 3.19. The predicted molar refractivity (Wildman–Crippen MR) is 76.2 cm³/mol. The molecule has 0 spiro atoms. The lowest BCUT2D eigenvalue weighted by Crippen LogP contribution is -2.25. The Morgan fingerprint density at radius 2 is 2.21 bits per heavy atom. The van der Waals surface area contributed by atoms with E-state index in [2.05, 4.69) is 32.6 Å². The number of amides is 1. The Morgan fingerprint density at radius 1 is 1.32 bits per heavy atom. The molecule has 4 nitrogen and oxygen atoms in total. The Kier molecular flexibility index (Phi) is 3.40. The minimum Gasteiger partial charge on any atom is -0.444 e. The fourth-order valence-electron chi connectivity index (χ4n) is 2.25. The van der Waals surface area contributed by atoms with Gasteiger partial charge in [0.25, 0.3) is 5.91 Å². The maximum atomic E-state index is 12.1. The lowest BCUT2D eigenvalue weighted by atomic mass is 9.99. The normalized spacial score (nSPS) is 13.9. The lowest BCUT2D eigenvalue weighted by molar-refractivity contribution is 0.0995. The van der Waals surface area contributed by atoms with Crippen molar-refractivity contribution in [3.63, 3.8) is 0 Å². The summed E-state index contributed by atoms with van der Waals surface area (Å²) in [5.74, 6) is 0.0675. The van der Waals surface area contributed by atoms with Crippen molar-refractivity contribution in [1.29, 1.82) is 0 Å². The maximum Gasteiger partial charge on any atom is 0.291 e. The highest BCUT2D eigenvalue weighted by Gasteiger charge is 2.16. The second-order valence-electron chi connectivity index (χ2n) is 4.43. The van der Waals surface area contributed by atoms with E-state index in [1.807, 2.05) is 12.1 Å². The first-order valence-corrected chi connectivity index (χ1v) is 6.91. The molecular formula is C14H13BrN2O2. The van der Waals surface area contributed by atoms with E-state index in [-0.39, 0.29) is 5.91 Å². The molecule has 2 aromatic rings. The van der Waals surface area contributed by atoms with Gasteiger partial charge in [-0.25, -0.2) is 0 Å². The summed E-state index contributed by atoms with van der Waals surface area (Å²) in [6.07, 6.45) is 0.991. The SMILES string of the molecule is O=C(Nc1cccc2c1CNCC2)c1ccc(Br)o1. The Bertz CT molecular complexity index is 622. The third kappa shape index (κ3) is 2.57. The molecule has 0 bridgehead atoms. The van der Waals surface area contributed by atoms with Gasteiger partial charge in [-0.15, -0.1) is 0 Å². The maximum absolute atomic E-state index is 12.1. The van der Waals surface area contributed by atoms with Crippen molar-refractivity contribution in [1.82, 2.24) is 5.32 Å². The van der Waals surface area contributed by atoms with Crippen LogP contribution in [0.3, 0.4) is 0 Å². The van der Waals surface area contributed by atoms with Crippen LogP contribution < -0.4 is 10.6 Å². The molecule has 98 valence electrons. The summed E-state index contributed by atoms with van der Waals surface area (Å²) in [5.41, 5.74) is 3.30. The first-order chi connectivity index (χ1) is 9.24. The number of fused-ring (bicyclic) bond motifs is 1. The molecule has 0 aliphatic carbocycles. The van der Waals surface area contributed by atoms with Crippen molar-refractivity contribution in [2.75, 3.05) is 11.9 Å². The number of carbonyl (C=O) groups is 1. The summed E-state index contributed by atoms with van der Waals surface area (Å²) in [6, 6.07) is 9.35. The second kappa shape index (κ2) is 5.19. The minimum absolute atomic E-state index is 0.232. The Balaban J connectivity index is 1.85. The van der Waals surface area contributed by atoms with E-state index < -0.39 is 0 Å². The number of benzene rings is 1. The number of hydrogen-bond donors (Lipinski definition) is 2. The summed E-state index contributed by atoms with van der Waals surface area (Å²) in [7, 11) is 0. The van der Waals surface area contributed by atoms with E-state index in [4.69, 9.17) is 4.42 Å². The molecule has 0 unspecified atom stereocenters. The van der Waals surface area contributed by atoms with Crippen LogP contribution in [0.4, 0.5) is 5.69 Å². The fourth-order valence-corrected chi connectivity index (χ4v) is 2.56. The van der Waals surface area contributed by atoms with Crippen LogP contribution in [0.2, 0.25) is 0 Å². The smallest absolute Gasteiger partial charge is 0.291 e. The summed E-state index contributed by atoms with van der Waals surface area (Å²) < 4.78 is 5.80. The quantitative estimate of drug-likeness (QED) is 0.894. The van der Waals surface area contributed by atoms with Crippen LogP contribution in [-0.2, 0) is 13.0 Å². The van der Waals surface area contributed by atoms with Gasteiger partial charge in [-0.05, 0) is 58.2 Å². The zero-order valence-electron chi connectivity index (χ0n) is 10.2. The number of nitrogens with one attached hydrogen (secondary N) is 2. The molecule has 1 amide bonds. The van der Waals surface area contributed by atoms with Gasteiger partial charge < -0.3 is 15.1 Å². The number of furan rings is 1. The monoisotopic (exact) mass is 320 g/mol. The van der Waals surface area contributed by atoms with Gasteiger partial charge in [-0.2, -0.15) is 0 Å². The average Bonchev–Trinajstić information content (AvgIpc) is 2.86. The van der Waals surface area contributed by atoms with Gasteiger partial charge in [0.15, 0.2) is 10.4 Å². The average molecular weight is 321 g/mol. The van der Waals surface area contributed by atoms with Gasteiger partial charge in [0, 0.05) is 12.2 Å². The van der Waals surface area contributed by atoms with Crippen LogP contribution in [0.25, 0.3) is 0 Å². The molecule has 3 rings (SSSR count). The van der Waals surface area contributed by atoms with Crippen molar-refractivity contribution < 1.29 is 9.21 Å². The zero-order valence-corrected chi connectivity index (χ0v) is 11.8. The molecule has 0 saturated heterocycles. The molecular weight excluding hydrogens is 308 g/mol. The molecule has 1 aliphatic heterocycles. The van der Waals surface area contributed by atoms with Gasteiger partial charge in [0.2, 0.25) is 0 Å². The molecule has 0 radical (unpaired) electrons. The van der Waals surface area contributed by atoms with E-state index in [0.717, 1.165) is 30.8 Å². The van der Waals surface area contributed by atoms with E-state index in [1.54, 1.807) is 12.1 Å². The van der Waals surface area contributed by atoms with Crippen molar-refractivity contribution in [2.45, 2.75) is 13.0 Å². The van der Waals surface area contributed by atoms with Crippen molar-refractivity contribution in [2.24, 2.45) is 0 Å². The topological polar surface area (TPSA) is 54.3 Å². The second-order valence-corrected chi connectivity index (χ2v) is 5.21.